The summed E-state index contributed by atoms with van der Waals surface area (Å²) in [5.41, 5.74) is 7.13. The van der Waals surface area contributed by atoms with E-state index < -0.39 is 0 Å². The molecule has 0 spiro atoms. The molecule has 0 saturated carbocycles. The second kappa shape index (κ2) is 8.22. The average Bonchev–Trinajstić information content (AvgIpc) is 2.86. The molecule has 4 nitrogen and oxygen atoms in total. The highest BCUT2D eigenvalue weighted by Gasteiger charge is 2.29. The van der Waals surface area contributed by atoms with Gasteiger partial charge < -0.3 is 4.90 Å². The molecule has 6 heteroatoms. The molecule has 0 aromatic heterocycles. The summed E-state index contributed by atoms with van der Waals surface area (Å²) in [4.78, 5) is 17.0. The van der Waals surface area contributed by atoms with Crippen LogP contribution in [0.1, 0.15) is 23.1 Å². The second-order valence-corrected chi connectivity index (χ2v) is 10.9. The number of nitro benzene ring substituents is 1. The minimum atomic E-state index is -0.295. The number of allylic oxidation sites excluding steroid dienone is 1. The summed E-state index contributed by atoms with van der Waals surface area (Å²) in [6, 6.07) is 24.8. The van der Waals surface area contributed by atoms with Crippen LogP contribution < -0.4 is 4.90 Å². The maximum Gasteiger partial charge on any atom is 0.270 e. The molecule has 0 unspecified atom stereocenters. The number of thioether (sulfide) groups is 1. The molecule has 0 radical (unpaired) electrons. The lowest BCUT2D eigenvalue weighted by atomic mass is 9.85. The van der Waals surface area contributed by atoms with E-state index in [1.54, 1.807) is 23.9 Å². The highest BCUT2D eigenvalue weighted by atomic mass is 32.2. The molecule has 0 saturated heterocycles. The van der Waals surface area contributed by atoms with Crippen molar-refractivity contribution >= 4 is 56.8 Å². The van der Waals surface area contributed by atoms with Gasteiger partial charge in [0.15, 0.2) is 0 Å². The Bertz CT molecular complexity index is 1520. The van der Waals surface area contributed by atoms with Crippen molar-refractivity contribution in [2.45, 2.75) is 21.1 Å². The summed E-state index contributed by atoms with van der Waals surface area (Å²) < 4.78 is 0. The zero-order chi connectivity index (χ0) is 23.4. The molecule has 0 aliphatic carbocycles. The van der Waals surface area contributed by atoms with Gasteiger partial charge in [-0.15, -0.1) is 11.8 Å². The SMILES string of the molecule is CN(C)c1ccc2c3c(ccc2c1)SCC/C3=C1/c2ccccc2Sc2ccc([N+](=O)[O-])cc21. The molecular formula is C28H22N2O2S2. The van der Waals surface area contributed by atoms with E-state index in [2.05, 4.69) is 73.6 Å². The van der Waals surface area contributed by atoms with Gasteiger partial charge >= 0.3 is 0 Å². The maximum absolute atomic E-state index is 11.7. The highest BCUT2D eigenvalue weighted by Crippen LogP contribution is 2.52. The number of rotatable bonds is 2. The van der Waals surface area contributed by atoms with Gasteiger partial charge in [0.25, 0.3) is 5.69 Å². The number of non-ortho nitro benzene ring substituents is 1. The van der Waals surface area contributed by atoms with E-state index in [1.807, 2.05) is 17.8 Å². The van der Waals surface area contributed by atoms with Crippen LogP contribution in [-0.2, 0) is 0 Å². The van der Waals surface area contributed by atoms with E-state index in [1.165, 1.54) is 37.4 Å². The van der Waals surface area contributed by atoms with Crippen molar-refractivity contribution in [1.82, 2.24) is 0 Å². The number of benzene rings is 4. The summed E-state index contributed by atoms with van der Waals surface area (Å²) >= 11 is 3.59. The molecule has 0 N–H and O–H groups in total. The minimum Gasteiger partial charge on any atom is -0.378 e. The van der Waals surface area contributed by atoms with Gasteiger partial charge in [-0.3, -0.25) is 10.1 Å². The standard InChI is InChI=1S/C28H22N2O2S2/c1-29(2)18-8-10-20-17(15-18)7-11-26-28(20)22(13-14-33-26)27-21-5-3-4-6-24(21)34-25-12-9-19(30(31)32)16-23(25)27/h3-12,15-16H,13-14H2,1-2H3/b27-22+. The number of anilines is 1. The zero-order valence-electron chi connectivity index (χ0n) is 18.9. The maximum atomic E-state index is 11.7. The van der Waals surface area contributed by atoms with Gasteiger partial charge in [-0.2, -0.15) is 0 Å². The average molecular weight is 483 g/mol. The van der Waals surface area contributed by atoms with Gasteiger partial charge in [0.05, 0.1) is 4.92 Å². The van der Waals surface area contributed by atoms with Crippen LogP contribution >= 0.6 is 23.5 Å². The van der Waals surface area contributed by atoms with Crippen LogP contribution in [-0.4, -0.2) is 24.8 Å². The van der Waals surface area contributed by atoms with Crippen LogP contribution in [0.5, 0.6) is 0 Å². The third-order valence-electron chi connectivity index (χ3n) is 6.51. The van der Waals surface area contributed by atoms with Gasteiger partial charge in [0, 0.05) is 57.9 Å². The molecule has 0 amide bonds. The summed E-state index contributed by atoms with van der Waals surface area (Å²) in [6.45, 7) is 0. The first kappa shape index (κ1) is 21.3. The first-order chi connectivity index (χ1) is 16.5. The Hall–Kier alpha value is -3.22. The molecule has 0 atom stereocenters. The minimum absolute atomic E-state index is 0.135. The Morgan fingerprint density at radius 2 is 1.68 bits per heavy atom. The first-order valence-electron chi connectivity index (χ1n) is 11.2. The van der Waals surface area contributed by atoms with Crippen molar-refractivity contribution in [1.29, 1.82) is 0 Å². The van der Waals surface area contributed by atoms with Gasteiger partial charge in [-0.25, -0.2) is 0 Å². The van der Waals surface area contributed by atoms with E-state index >= 15 is 0 Å². The van der Waals surface area contributed by atoms with Gasteiger partial charge in [-0.05, 0) is 69.8 Å². The number of hydrogen-bond acceptors (Lipinski definition) is 5. The van der Waals surface area contributed by atoms with Crippen LogP contribution in [0.4, 0.5) is 11.4 Å². The smallest absolute Gasteiger partial charge is 0.270 e. The van der Waals surface area contributed by atoms with Gasteiger partial charge in [0.2, 0.25) is 0 Å². The van der Waals surface area contributed by atoms with Crippen molar-refractivity contribution in [3.63, 3.8) is 0 Å². The predicted octanol–water partition coefficient (Wildman–Crippen LogP) is 7.73. The molecule has 0 bridgehead atoms. The van der Waals surface area contributed by atoms with Crippen LogP contribution in [0.3, 0.4) is 0 Å². The number of nitrogens with zero attached hydrogens (tertiary/aromatic N) is 2. The van der Waals surface area contributed by atoms with Crippen LogP contribution in [0.15, 0.2) is 87.5 Å². The first-order valence-corrected chi connectivity index (χ1v) is 13.0. The highest BCUT2D eigenvalue weighted by molar-refractivity contribution is 7.99. The lowest BCUT2D eigenvalue weighted by molar-refractivity contribution is -0.384. The number of fused-ring (bicyclic) bond motifs is 5. The third kappa shape index (κ3) is 3.40. The van der Waals surface area contributed by atoms with Crippen LogP contribution in [0.25, 0.3) is 21.9 Å². The van der Waals surface area contributed by atoms with Crippen LogP contribution in [0.2, 0.25) is 0 Å². The Morgan fingerprint density at radius 3 is 2.50 bits per heavy atom. The molecule has 34 heavy (non-hydrogen) atoms. The third-order valence-corrected chi connectivity index (χ3v) is 8.73. The summed E-state index contributed by atoms with van der Waals surface area (Å²) in [7, 11) is 4.12. The molecule has 4 aromatic rings. The van der Waals surface area contributed by atoms with Crippen molar-refractivity contribution in [2.24, 2.45) is 0 Å². The Morgan fingerprint density at radius 1 is 0.882 bits per heavy atom. The topological polar surface area (TPSA) is 46.4 Å². The lowest BCUT2D eigenvalue weighted by Gasteiger charge is -2.29. The number of nitro groups is 1. The fraction of sp³-hybridized carbons (Fsp3) is 0.143. The Labute approximate surface area is 206 Å². The normalized spacial score (nSPS) is 16.5. The summed E-state index contributed by atoms with van der Waals surface area (Å²) in [6.07, 6.45) is 0.919. The fourth-order valence-corrected chi connectivity index (χ4v) is 7.05. The fourth-order valence-electron chi connectivity index (χ4n) is 4.91. The monoisotopic (exact) mass is 482 g/mol. The van der Waals surface area contributed by atoms with Crippen LogP contribution in [0, 0.1) is 10.1 Å². The van der Waals surface area contributed by atoms with Crippen molar-refractivity contribution in [2.75, 3.05) is 24.7 Å². The van der Waals surface area contributed by atoms with E-state index in [4.69, 9.17) is 0 Å². The number of hydrogen-bond donors (Lipinski definition) is 0. The largest absolute Gasteiger partial charge is 0.378 e. The van der Waals surface area contributed by atoms with Crippen molar-refractivity contribution < 1.29 is 4.92 Å². The molecule has 4 aromatic carbocycles. The quantitative estimate of drug-likeness (QED) is 0.190. The zero-order valence-corrected chi connectivity index (χ0v) is 20.5. The van der Waals surface area contributed by atoms with E-state index in [9.17, 15) is 10.1 Å². The lowest BCUT2D eigenvalue weighted by Crippen LogP contribution is -2.09. The molecule has 2 aliphatic heterocycles. The van der Waals surface area contributed by atoms with E-state index in [-0.39, 0.29) is 10.6 Å². The van der Waals surface area contributed by atoms with Gasteiger partial charge in [-0.1, -0.05) is 42.1 Å². The second-order valence-electron chi connectivity index (χ2n) is 8.73. The molecule has 0 fully saturated rings. The Kier molecular flexibility index (Phi) is 5.15. The van der Waals surface area contributed by atoms with Gasteiger partial charge in [0.1, 0.15) is 0 Å². The summed E-state index contributed by atoms with van der Waals surface area (Å²) in [5.74, 6) is 0.993. The molecule has 2 aliphatic rings. The molecule has 2 heterocycles. The predicted molar refractivity (Wildman–Crippen MR) is 143 cm³/mol. The van der Waals surface area contributed by atoms with E-state index in [0.29, 0.717) is 0 Å². The molecule has 6 rings (SSSR count). The summed E-state index contributed by atoms with van der Waals surface area (Å²) in [5, 5.41) is 14.1. The Balaban J connectivity index is 1.70. The molecular weight excluding hydrogens is 460 g/mol. The van der Waals surface area contributed by atoms with Crippen molar-refractivity contribution in [3.8, 4) is 0 Å². The molecule has 168 valence electrons. The van der Waals surface area contributed by atoms with Crippen molar-refractivity contribution in [3.05, 3.63) is 99.6 Å². The van der Waals surface area contributed by atoms with E-state index in [0.717, 1.165) is 33.8 Å².